The molecule has 0 radical (unpaired) electrons. The lowest BCUT2D eigenvalue weighted by Gasteiger charge is -1.82. The molecule has 0 saturated heterocycles. The first-order chi connectivity index (χ1) is 6.34. The third kappa shape index (κ3) is 2.89. The van der Waals surface area contributed by atoms with Crippen molar-refractivity contribution in [3.8, 4) is 11.8 Å². The number of aryl methyl sites for hydroxylation is 1. The smallest absolute Gasteiger partial charge is 0.0651 e. The minimum absolute atomic E-state index is 0.417. The maximum Gasteiger partial charge on any atom is 0.0651 e. The van der Waals surface area contributed by atoms with Crippen LogP contribution < -0.4 is 0 Å². The van der Waals surface area contributed by atoms with Gasteiger partial charge in [0.15, 0.2) is 0 Å². The van der Waals surface area contributed by atoms with Crippen LogP contribution >= 0.6 is 0 Å². The highest BCUT2D eigenvalue weighted by Crippen LogP contribution is 1.98. The zero-order valence-corrected chi connectivity index (χ0v) is 7.28. The van der Waals surface area contributed by atoms with E-state index in [0.717, 1.165) is 11.3 Å². The van der Waals surface area contributed by atoms with Crippen molar-refractivity contribution in [1.29, 1.82) is 0 Å². The fraction of sp³-hybridized carbons (Fsp3) is 0.375. The van der Waals surface area contributed by atoms with Crippen molar-refractivity contribution in [3.63, 3.8) is 0 Å². The summed E-state index contributed by atoms with van der Waals surface area (Å²) in [5.41, 5.74) is 9.83. The second-order valence-corrected chi connectivity index (χ2v) is 2.41. The van der Waals surface area contributed by atoms with E-state index in [1.807, 2.05) is 6.92 Å². The van der Waals surface area contributed by atoms with E-state index < -0.39 is 0 Å². The molecule has 1 aromatic rings. The maximum absolute atomic E-state index is 7.99. The van der Waals surface area contributed by atoms with Crippen molar-refractivity contribution in [2.75, 3.05) is 6.54 Å². The minimum atomic E-state index is 0.417. The van der Waals surface area contributed by atoms with Crippen LogP contribution in [0.2, 0.25) is 0 Å². The Labute approximate surface area is 75.8 Å². The Morgan fingerprint density at radius 1 is 1.77 bits per heavy atom. The van der Waals surface area contributed by atoms with Crippen LogP contribution in [0.5, 0.6) is 0 Å². The highest BCUT2D eigenvalue weighted by Gasteiger charge is 1.92. The molecular weight excluding hydrogens is 166 g/mol. The third-order valence-corrected chi connectivity index (χ3v) is 1.45. The number of hydrogen-bond acceptors (Lipinski definition) is 2. The van der Waals surface area contributed by atoms with E-state index in [2.05, 4.69) is 32.1 Å². The Morgan fingerprint density at radius 3 is 3.23 bits per heavy atom. The second-order valence-electron chi connectivity index (χ2n) is 2.41. The van der Waals surface area contributed by atoms with Crippen molar-refractivity contribution in [2.24, 2.45) is 5.11 Å². The van der Waals surface area contributed by atoms with Gasteiger partial charge in [-0.2, -0.15) is 5.10 Å². The van der Waals surface area contributed by atoms with Crippen LogP contribution in [-0.2, 0) is 0 Å². The molecule has 5 nitrogen and oxygen atoms in total. The number of H-pyrrole nitrogens is 1. The number of aromatic amines is 1. The maximum atomic E-state index is 7.99. The lowest BCUT2D eigenvalue weighted by atomic mass is 10.2. The SMILES string of the molecule is Cc1[nH]ncc1C#CCCN=[N+]=[N-]. The highest BCUT2D eigenvalue weighted by atomic mass is 15.1. The van der Waals surface area contributed by atoms with E-state index in [0.29, 0.717) is 13.0 Å². The monoisotopic (exact) mass is 175 g/mol. The summed E-state index contributed by atoms with van der Waals surface area (Å²) < 4.78 is 0. The van der Waals surface area contributed by atoms with Gasteiger partial charge in [-0.15, -0.1) is 0 Å². The molecule has 5 heteroatoms. The number of nitrogens with zero attached hydrogens (tertiary/aromatic N) is 4. The van der Waals surface area contributed by atoms with Crippen molar-refractivity contribution >= 4 is 0 Å². The molecule has 66 valence electrons. The number of hydrogen-bond donors (Lipinski definition) is 1. The zero-order valence-electron chi connectivity index (χ0n) is 7.28. The van der Waals surface area contributed by atoms with Gasteiger partial charge >= 0.3 is 0 Å². The van der Waals surface area contributed by atoms with E-state index in [1.54, 1.807) is 6.20 Å². The molecule has 0 aliphatic heterocycles. The highest BCUT2D eigenvalue weighted by molar-refractivity contribution is 5.34. The van der Waals surface area contributed by atoms with Gasteiger partial charge in [-0.1, -0.05) is 17.0 Å². The van der Waals surface area contributed by atoms with E-state index in [1.165, 1.54) is 0 Å². The number of aromatic nitrogens is 2. The minimum Gasteiger partial charge on any atom is -0.282 e. The predicted molar refractivity (Wildman–Crippen MR) is 48.8 cm³/mol. The number of rotatable bonds is 2. The van der Waals surface area contributed by atoms with Crippen LogP contribution in [0.3, 0.4) is 0 Å². The van der Waals surface area contributed by atoms with Crippen LogP contribution in [0.25, 0.3) is 10.4 Å². The summed E-state index contributed by atoms with van der Waals surface area (Å²) >= 11 is 0. The molecule has 0 aromatic carbocycles. The normalized spacial score (nSPS) is 8.38. The van der Waals surface area contributed by atoms with Crippen LogP contribution in [-0.4, -0.2) is 16.7 Å². The summed E-state index contributed by atoms with van der Waals surface area (Å²) in [6.07, 6.45) is 2.25. The topological polar surface area (TPSA) is 77.4 Å². The molecule has 0 saturated carbocycles. The van der Waals surface area contributed by atoms with Crippen molar-refractivity contribution < 1.29 is 0 Å². The van der Waals surface area contributed by atoms with Gasteiger partial charge in [0.1, 0.15) is 0 Å². The molecule has 0 bridgehead atoms. The molecule has 0 unspecified atom stereocenters. The Hall–Kier alpha value is -1.92. The summed E-state index contributed by atoms with van der Waals surface area (Å²) in [5, 5.41) is 9.98. The number of nitrogens with one attached hydrogen (secondary N) is 1. The largest absolute Gasteiger partial charge is 0.282 e. The first kappa shape index (κ1) is 9.17. The molecule has 1 heterocycles. The van der Waals surface area contributed by atoms with Gasteiger partial charge in [0.25, 0.3) is 0 Å². The van der Waals surface area contributed by atoms with E-state index in [9.17, 15) is 0 Å². The standard InChI is InChI=1S/C8H9N5/c1-7-8(6-11-12-7)4-2-3-5-10-13-9/h6H,3,5H2,1H3,(H,11,12). The fourth-order valence-corrected chi connectivity index (χ4v) is 0.785. The van der Waals surface area contributed by atoms with E-state index >= 15 is 0 Å². The zero-order chi connectivity index (χ0) is 9.52. The lowest BCUT2D eigenvalue weighted by molar-refractivity contribution is 1.01. The first-order valence-corrected chi connectivity index (χ1v) is 3.84. The summed E-state index contributed by atoms with van der Waals surface area (Å²) in [5.74, 6) is 5.81. The summed E-state index contributed by atoms with van der Waals surface area (Å²) in [7, 11) is 0. The average Bonchev–Trinajstić information content (AvgIpc) is 2.52. The molecule has 13 heavy (non-hydrogen) atoms. The van der Waals surface area contributed by atoms with Gasteiger partial charge in [-0.25, -0.2) is 0 Å². The van der Waals surface area contributed by atoms with Gasteiger partial charge in [0, 0.05) is 23.6 Å². The predicted octanol–water partition coefficient (Wildman–Crippen LogP) is 1.77. The van der Waals surface area contributed by atoms with Crippen molar-refractivity contribution in [2.45, 2.75) is 13.3 Å². The van der Waals surface area contributed by atoms with Crippen molar-refractivity contribution in [3.05, 3.63) is 27.9 Å². The molecule has 0 aliphatic carbocycles. The van der Waals surface area contributed by atoms with E-state index in [-0.39, 0.29) is 0 Å². The lowest BCUT2D eigenvalue weighted by Crippen LogP contribution is -1.77. The summed E-state index contributed by atoms with van der Waals surface area (Å²) in [6, 6.07) is 0. The molecular formula is C8H9N5. The molecule has 0 amide bonds. The van der Waals surface area contributed by atoms with Crippen LogP contribution in [0.4, 0.5) is 0 Å². The van der Waals surface area contributed by atoms with Crippen molar-refractivity contribution in [1.82, 2.24) is 10.2 Å². The quantitative estimate of drug-likeness (QED) is 0.240. The second kappa shape index (κ2) is 4.86. The van der Waals surface area contributed by atoms with Gasteiger partial charge in [-0.3, -0.25) is 5.10 Å². The average molecular weight is 175 g/mol. The van der Waals surface area contributed by atoms with Gasteiger partial charge in [0.2, 0.25) is 0 Å². The molecule has 0 atom stereocenters. The van der Waals surface area contributed by atoms with Gasteiger partial charge in [-0.05, 0) is 12.5 Å². The summed E-state index contributed by atoms with van der Waals surface area (Å²) in [4.78, 5) is 2.63. The molecule has 1 N–H and O–H groups in total. The first-order valence-electron chi connectivity index (χ1n) is 3.84. The fourth-order valence-electron chi connectivity index (χ4n) is 0.785. The molecule has 1 rings (SSSR count). The third-order valence-electron chi connectivity index (χ3n) is 1.45. The Morgan fingerprint density at radius 2 is 2.62 bits per heavy atom. The van der Waals surface area contributed by atoms with Crippen LogP contribution in [0.15, 0.2) is 11.3 Å². The Balaban J connectivity index is 2.48. The molecule has 0 aliphatic rings. The summed E-state index contributed by atoms with van der Waals surface area (Å²) in [6.45, 7) is 2.32. The number of azide groups is 1. The van der Waals surface area contributed by atoms with Gasteiger partial charge < -0.3 is 0 Å². The van der Waals surface area contributed by atoms with Crippen LogP contribution in [0, 0.1) is 18.8 Å². The Kier molecular flexibility index (Phi) is 3.43. The van der Waals surface area contributed by atoms with Crippen LogP contribution in [0.1, 0.15) is 17.7 Å². The molecule has 0 spiro atoms. The van der Waals surface area contributed by atoms with E-state index in [4.69, 9.17) is 5.53 Å². The molecule has 1 aromatic heterocycles. The Bertz CT molecular complexity index is 375. The molecule has 0 fully saturated rings. The van der Waals surface area contributed by atoms with Gasteiger partial charge in [0.05, 0.1) is 11.8 Å².